The number of nitrogens with one attached hydrogen (secondary N) is 1. The van der Waals surface area contributed by atoms with Crippen molar-refractivity contribution >= 4 is 28.9 Å². The van der Waals surface area contributed by atoms with Crippen molar-refractivity contribution in [2.45, 2.75) is 40.5 Å². The maximum atomic E-state index is 12.6. The quantitative estimate of drug-likeness (QED) is 0.812. The summed E-state index contributed by atoms with van der Waals surface area (Å²) in [6, 6.07) is 13.8. The highest BCUT2D eigenvalue weighted by atomic mass is 16.2. The molecule has 0 aliphatic carbocycles. The molecule has 0 radical (unpaired) electrons. The number of aryl methyl sites for hydroxylation is 2. The molecule has 3 rings (SSSR count). The summed E-state index contributed by atoms with van der Waals surface area (Å²) in [5.41, 5.74) is 4.84. The molecule has 1 N–H and O–H groups in total. The van der Waals surface area contributed by atoms with Crippen LogP contribution in [0.5, 0.6) is 0 Å². The SMILES string of the molecule is CC(=O)N(CC(=O)Nc1ccc(C)cc1C)c1ccc(N2CCC(C)CC2)cc1. The van der Waals surface area contributed by atoms with Crippen molar-refractivity contribution < 1.29 is 9.59 Å². The van der Waals surface area contributed by atoms with Crippen molar-refractivity contribution in [1.29, 1.82) is 0 Å². The van der Waals surface area contributed by atoms with E-state index < -0.39 is 0 Å². The molecule has 1 saturated heterocycles. The fourth-order valence-corrected chi connectivity index (χ4v) is 3.78. The van der Waals surface area contributed by atoms with Crippen molar-refractivity contribution in [2.75, 3.05) is 34.8 Å². The Bertz CT molecular complexity index is 868. The number of benzene rings is 2. The molecule has 0 atom stereocenters. The maximum absolute atomic E-state index is 12.6. The predicted octanol–water partition coefficient (Wildman–Crippen LogP) is 4.53. The normalized spacial score (nSPS) is 14.6. The Balaban J connectivity index is 1.67. The standard InChI is InChI=1S/C24H31N3O2/c1-17-11-13-26(14-12-17)21-6-8-22(9-7-21)27(20(4)28)16-24(29)25-23-10-5-18(2)15-19(23)3/h5-10,15,17H,11-14,16H2,1-4H3,(H,25,29). The third-order valence-electron chi connectivity index (χ3n) is 5.65. The summed E-state index contributed by atoms with van der Waals surface area (Å²) < 4.78 is 0. The fraction of sp³-hybridized carbons (Fsp3) is 0.417. The summed E-state index contributed by atoms with van der Waals surface area (Å²) in [4.78, 5) is 28.7. The Labute approximate surface area is 173 Å². The number of hydrogen-bond donors (Lipinski definition) is 1. The van der Waals surface area contributed by atoms with Gasteiger partial charge in [0.15, 0.2) is 0 Å². The highest BCUT2D eigenvalue weighted by molar-refractivity contribution is 6.02. The third-order valence-corrected chi connectivity index (χ3v) is 5.65. The summed E-state index contributed by atoms with van der Waals surface area (Å²) in [6.07, 6.45) is 2.42. The van der Waals surface area contributed by atoms with Gasteiger partial charge in [-0.3, -0.25) is 9.59 Å². The molecule has 1 fully saturated rings. The molecule has 5 heteroatoms. The lowest BCUT2D eigenvalue weighted by atomic mass is 9.99. The summed E-state index contributed by atoms with van der Waals surface area (Å²) in [7, 11) is 0. The Hall–Kier alpha value is -2.82. The maximum Gasteiger partial charge on any atom is 0.244 e. The van der Waals surface area contributed by atoms with Gasteiger partial charge in [0.25, 0.3) is 0 Å². The minimum Gasteiger partial charge on any atom is -0.372 e. The van der Waals surface area contributed by atoms with E-state index in [1.165, 1.54) is 30.4 Å². The van der Waals surface area contributed by atoms with Gasteiger partial charge in [-0.2, -0.15) is 0 Å². The minimum atomic E-state index is -0.207. The molecular weight excluding hydrogens is 362 g/mol. The first-order chi connectivity index (χ1) is 13.8. The molecule has 0 unspecified atom stereocenters. The second-order valence-corrected chi connectivity index (χ2v) is 8.16. The van der Waals surface area contributed by atoms with Crippen LogP contribution in [-0.2, 0) is 9.59 Å². The molecule has 0 bridgehead atoms. The summed E-state index contributed by atoms with van der Waals surface area (Å²) in [5, 5.41) is 2.92. The van der Waals surface area contributed by atoms with Crippen LogP contribution in [0.2, 0.25) is 0 Å². The van der Waals surface area contributed by atoms with Crippen LogP contribution in [0.15, 0.2) is 42.5 Å². The highest BCUT2D eigenvalue weighted by Gasteiger charge is 2.19. The second kappa shape index (κ2) is 9.12. The molecule has 29 heavy (non-hydrogen) atoms. The number of nitrogens with zero attached hydrogens (tertiary/aromatic N) is 2. The molecule has 2 amide bonds. The van der Waals surface area contributed by atoms with Crippen LogP contribution in [0.3, 0.4) is 0 Å². The molecule has 0 saturated carbocycles. The van der Waals surface area contributed by atoms with Crippen molar-refractivity contribution in [2.24, 2.45) is 5.92 Å². The molecule has 1 aliphatic heterocycles. The molecule has 1 aliphatic rings. The molecule has 0 aromatic heterocycles. The van der Waals surface area contributed by atoms with E-state index in [0.717, 1.165) is 41.5 Å². The minimum absolute atomic E-state index is 0.0107. The first kappa shape index (κ1) is 20.9. The first-order valence-corrected chi connectivity index (χ1v) is 10.3. The number of amides is 2. The monoisotopic (exact) mass is 393 g/mol. The van der Waals surface area contributed by atoms with Crippen LogP contribution in [0.25, 0.3) is 0 Å². The second-order valence-electron chi connectivity index (χ2n) is 8.16. The van der Waals surface area contributed by atoms with E-state index in [-0.39, 0.29) is 18.4 Å². The molecule has 1 heterocycles. The summed E-state index contributed by atoms with van der Waals surface area (Å²) >= 11 is 0. The molecule has 2 aromatic rings. The van der Waals surface area contributed by atoms with Gasteiger partial charge in [0.2, 0.25) is 11.8 Å². The Morgan fingerprint density at radius 3 is 2.31 bits per heavy atom. The van der Waals surface area contributed by atoms with Crippen molar-refractivity contribution in [3.8, 4) is 0 Å². The van der Waals surface area contributed by atoms with Crippen LogP contribution in [0.4, 0.5) is 17.1 Å². The highest BCUT2D eigenvalue weighted by Crippen LogP contribution is 2.26. The lowest BCUT2D eigenvalue weighted by molar-refractivity contribution is -0.120. The number of rotatable bonds is 5. The van der Waals surface area contributed by atoms with Gasteiger partial charge in [0.1, 0.15) is 6.54 Å². The number of carbonyl (C=O) groups is 2. The number of hydrogen-bond acceptors (Lipinski definition) is 3. The average molecular weight is 394 g/mol. The Morgan fingerprint density at radius 1 is 1.07 bits per heavy atom. The zero-order chi connectivity index (χ0) is 21.0. The molecule has 154 valence electrons. The van der Waals surface area contributed by atoms with Crippen molar-refractivity contribution in [3.63, 3.8) is 0 Å². The zero-order valence-electron chi connectivity index (χ0n) is 17.9. The summed E-state index contributed by atoms with van der Waals surface area (Å²) in [5.74, 6) is 0.427. The van der Waals surface area contributed by atoms with Gasteiger partial charge in [-0.1, -0.05) is 24.6 Å². The number of piperidine rings is 1. The van der Waals surface area contributed by atoms with Gasteiger partial charge in [0.05, 0.1) is 0 Å². The lowest BCUT2D eigenvalue weighted by Crippen LogP contribution is -2.37. The van der Waals surface area contributed by atoms with Gasteiger partial charge in [0, 0.05) is 37.1 Å². The van der Waals surface area contributed by atoms with Crippen LogP contribution in [0.1, 0.15) is 37.8 Å². The molecule has 0 spiro atoms. The van der Waals surface area contributed by atoms with E-state index in [4.69, 9.17) is 0 Å². The van der Waals surface area contributed by atoms with E-state index in [2.05, 4.69) is 17.1 Å². The van der Waals surface area contributed by atoms with Crippen LogP contribution in [0, 0.1) is 19.8 Å². The first-order valence-electron chi connectivity index (χ1n) is 10.3. The topological polar surface area (TPSA) is 52.7 Å². The van der Waals surface area contributed by atoms with Crippen molar-refractivity contribution in [1.82, 2.24) is 0 Å². The van der Waals surface area contributed by atoms with Crippen LogP contribution < -0.4 is 15.1 Å². The Morgan fingerprint density at radius 2 is 1.72 bits per heavy atom. The van der Waals surface area contributed by atoms with Crippen LogP contribution in [-0.4, -0.2) is 31.4 Å². The van der Waals surface area contributed by atoms with E-state index in [1.807, 2.05) is 56.3 Å². The lowest BCUT2D eigenvalue weighted by Gasteiger charge is -2.32. The largest absolute Gasteiger partial charge is 0.372 e. The van der Waals surface area contributed by atoms with Crippen LogP contribution >= 0.6 is 0 Å². The third kappa shape index (κ3) is 5.37. The molecule has 5 nitrogen and oxygen atoms in total. The number of carbonyl (C=O) groups excluding carboxylic acids is 2. The summed E-state index contributed by atoms with van der Waals surface area (Å²) in [6.45, 7) is 9.89. The fourth-order valence-electron chi connectivity index (χ4n) is 3.78. The predicted molar refractivity (Wildman–Crippen MR) is 120 cm³/mol. The molecular formula is C24H31N3O2. The van der Waals surface area contributed by atoms with E-state index in [9.17, 15) is 9.59 Å². The van der Waals surface area contributed by atoms with Gasteiger partial charge in [-0.15, -0.1) is 0 Å². The molecule has 2 aromatic carbocycles. The smallest absolute Gasteiger partial charge is 0.244 e. The van der Waals surface area contributed by atoms with Crippen molar-refractivity contribution in [3.05, 3.63) is 53.6 Å². The van der Waals surface area contributed by atoms with Gasteiger partial charge < -0.3 is 15.1 Å². The van der Waals surface area contributed by atoms with Gasteiger partial charge in [-0.25, -0.2) is 0 Å². The van der Waals surface area contributed by atoms with E-state index in [0.29, 0.717) is 0 Å². The zero-order valence-corrected chi connectivity index (χ0v) is 17.9. The van der Waals surface area contributed by atoms with E-state index in [1.54, 1.807) is 0 Å². The number of anilines is 3. The van der Waals surface area contributed by atoms with Gasteiger partial charge >= 0.3 is 0 Å². The Kier molecular flexibility index (Phi) is 6.57. The van der Waals surface area contributed by atoms with Gasteiger partial charge in [-0.05, 0) is 68.5 Å². The van der Waals surface area contributed by atoms with E-state index >= 15 is 0 Å². The average Bonchev–Trinajstić information content (AvgIpc) is 2.69.